The predicted molar refractivity (Wildman–Crippen MR) is 90.6 cm³/mol. The van der Waals surface area contributed by atoms with Crippen LogP contribution in [-0.4, -0.2) is 36.2 Å². The largest absolute Gasteiger partial charge is 0.346 e. The number of fused-ring (bicyclic) bond motifs is 1. The van der Waals surface area contributed by atoms with Crippen LogP contribution in [-0.2, 0) is 10.0 Å². The molecule has 1 fully saturated rings. The molecule has 1 atom stereocenters. The summed E-state index contributed by atoms with van der Waals surface area (Å²) >= 11 is 0. The van der Waals surface area contributed by atoms with Crippen molar-refractivity contribution in [1.82, 2.24) is 19.7 Å². The van der Waals surface area contributed by atoms with Gasteiger partial charge in [0.25, 0.3) is 0 Å². The molecular weight excluding hydrogens is 312 g/mol. The van der Waals surface area contributed by atoms with Gasteiger partial charge >= 0.3 is 0 Å². The van der Waals surface area contributed by atoms with Gasteiger partial charge in [-0.15, -0.1) is 0 Å². The van der Waals surface area contributed by atoms with Gasteiger partial charge in [0.1, 0.15) is 12.0 Å². The van der Waals surface area contributed by atoms with Crippen LogP contribution in [0.1, 0.15) is 44.2 Å². The minimum Gasteiger partial charge on any atom is -0.346 e. The third-order valence-electron chi connectivity index (χ3n) is 5.18. The summed E-state index contributed by atoms with van der Waals surface area (Å²) in [5, 5.41) is 1.10. The second kappa shape index (κ2) is 6.57. The Morgan fingerprint density at radius 1 is 1.30 bits per heavy atom. The van der Waals surface area contributed by atoms with E-state index in [1.54, 1.807) is 6.33 Å². The molecule has 0 aromatic carbocycles. The number of hydrogen-bond donors (Lipinski definition) is 2. The quantitative estimate of drug-likeness (QED) is 0.878. The molecule has 1 aliphatic rings. The topological polar surface area (TPSA) is 87.7 Å². The molecule has 126 valence electrons. The van der Waals surface area contributed by atoms with Gasteiger partial charge in [-0.2, -0.15) is 0 Å². The first-order valence-electron chi connectivity index (χ1n) is 8.19. The van der Waals surface area contributed by atoms with Gasteiger partial charge in [-0.25, -0.2) is 23.1 Å². The minimum atomic E-state index is -3.11. The van der Waals surface area contributed by atoms with Gasteiger partial charge < -0.3 is 4.98 Å². The van der Waals surface area contributed by atoms with Crippen LogP contribution < -0.4 is 4.72 Å². The lowest BCUT2D eigenvalue weighted by Gasteiger charge is -2.32. The number of H-pyrrole nitrogens is 1. The molecule has 2 aromatic heterocycles. The summed E-state index contributed by atoms with van der Waals surface area (Å²) in [5.74, 6) is 1.43. The van der Waals surface area contributed by atoms with E-state index in [9.17, 15) is 8.42 Å². The Balaban J connectivity index is 1.67. The molecule has 0 bridgehead atoms. The number of aromatic nitrogens is 3. The summed E-state index contributed by atoms with van der Waals surface area (Å²) in [7, 11) is -1.62. The van der Waals surface area contributed by atoms with E-state index < -0.39 is 10.0 Å². The zero-order chi connectivity index (χ0) is 16.4. The monoisotopic (exact) mass is 336 g/mol. The number of aromatic amines is 1. The Kier molecular flexibility index (Phi) is 4.68. The van der Waals surface area contributed by atoms with E-state index in [0.29, 0.717) is 11.8 Å². The van der Waals surface area contributed by atoms with E-state index in [1.165, 1.54) is 7.05 Å². The van der Waals surface area contributed by atoms with Gasteiger partial charge in [-0.05, 0) is 50.6 Å². The van der Waals surface area contributed by atoms with Crippen molar-refractivity contribution in [3.8, 4) is 0 Å². The summed E-state index contributed by atoms with van der Waals surface area (Å²) in [6, 6.07) is 2.03. The maximum absolute atomic E-state index is 11.7. The molecule has 7 heteroatoms. The van der Waals surface area contributed by atoms with Gasteiger partial charge in [-0.3, -0.25) is 0 Å². The average molecular weight is 336 g/mol. The van der Waals surface area contributed by atoms with Gasteiger partial charge in [0, 0.05) is 17.5 Å². The molecule has 1 saturated carbocycles. The Morgan fingerprint density at radius 2 is 2.04 bits per heavy atom. The molecule has 3 rings (SSSR count). The molecule has 0 aliphatic heterocycles. The Labute approximate surface area is 137 Å². The van der Waals surface area contributed by atoms with E-state index in [-0.39, 0.29) is 11.7 Å². The summed E-state index contributed by atoms with van der Waals surface area (Å²) in [5.41, 5.74) is 1.98. The highest BCUT2D eigenvalue weighted by molar-refractivity contribution is 7.89. The van der Waals surface area contributed by atoms with Crippen molar-refractivity contribution < 1.29 is 8.42 Å². The van der Waals surface area contributed by atoms with Gasteiger partial charge in [-0.1, -0.05) is 6.92 Å². The first-order chi connectivity index (χ1) is 11.0. The first-order valence-corrected chi connectivity index (χ1v) is 9.84. The average Bonchev–Trinajstić information content (AvgIpc) is 3.03. The number of sulfonamides is 1. The van der Waals surface area contributed by atoms with Crippen LogP contribution in [0.25, 0.3) is 11.0 Å². The zero-order valence-electron chi connectivity index (χ0n) is 13.6. The number of rotatable bonds is 5. The van der Waals surface area contributed by atoms with Crippen LogP contribution in [0.4, 0.5) is 0 Å². The molecule has 23 heavy (non-hydrogen) atoms. The van der Waals surface area contributed by atoms with E-state index in [2.05, 4.69) is 26.6 Å². The Bertz CT molecular complexity index is 763. The molecule has 0 radical (unpaired) electrons. The minimum absolute atomic E-state index is 0.250. The first kappa shape index (κ1) is 16.4. The van der Waals surface area contributed by atoms with Crippen molar-refractivity contribution in [2.75, 3.05) is 12.8 Å². The van der Waals surface area contributed by atoms with Crippen LogP contribution >= 0.6 is 0 Å². The predicted octanol–water partition coefficient (Wildman–Crippen LogP) is 2.42. The molecule has 2 aromatic rings. The van der Waals surface area contributed by atoms with Crippen LogP contribution in [0.15, 0.2) is 18.6 Å². The second-order valence-corrected chi connectivity index (χ2v) is 8.52. The number of nitrogens with zero attached hydrogens (tertiary/aromatic N) is 2. The molecule has 2 heterocycles. The summed E-state index contributed by atoms with van der Waals surface area (Å²) in [4.78, 5) is 11.9. The summed E-state index contributed by atoms with van der Waals surface area (Å²) in [6.07, 6.45) is 7.57. The van der Waals surface area contributed by atoms with Crippen LogP contribution in [0, 0.1) is 11.8 Å². The lowest BCUT2D eigenvalue weighted by atomic mass is 9.75. The van der Waals surface area contributed by atoms with Crippen LogP contribution in [0.3, 0.4) is 0 Å². The molecule has 2 N–H and O–H groups in total. The maximum atomic E-state index is 11.7. The van der Waals surface area contributed by atoms with Crippen molar-refractivity contribution in [2.45, 2.75) is 38.5 Å². The summed E-state index contributed by atoms with van der Waals surface area (Å²) in [6.45, 7) is 2.23. The summed E-state index contributed by atoms with van der Waals surface area (Å²) < 4.78 is 25.8. The fraction of sp³-hybridized carbons (Fsp3) is 0.625. The highest BCUT2D eigenvalue weighted by Crippen LogP contribution is 2.39. The SMILES string of the molecule is CNS(=O)(=O)CC1CCC([C@@H](C)c2ncnc3[nH]ccc23)CC1. The van der Waals surface area contributed by atoms with Crippen molar-refractivity contribution in [2.24, 2.45) is 11.8 Å². The fourth-order valence-electron chi connectivity index (χ4n) is 3.73. The van der Waals surface area contributed by atoms with E-state index in [0.717, 1.165) is 42.4 Å². The van der Waals surface area contributed by atoms with E-state index >= 15 is 0 Å². The van der Waals surface area contributed by atoms with Crippen molar-refractivity contribution in [3.05, 3.63) is 24.3 Å². The molecular formula is C16H24N4O2S. The highest BCUT2D eigenvalue weighted by Gasteiger charge is 2.29. The molecule has 1 aliphatic carbocycles. The van der Waals surface area contributed by atoms with Gasteiger partial charge in [0.05, 0.1) is 11.4 Å². The lowest BCUT2D eigenvalue weighted by molar-refractivity contribution is 0.261. The molecule has 6 nitrogen and oxygen atoms in total. The third-order valence-corrected chi connectivity index (χ3v) is 6.71. The van der Waals surface area contributed by atoms with Crippen molar-refractivity contribution in [1.29, 1.82) is 0 Å². The number of hydrogen-bond acceptors (Lipinski definition) is 4. The van der Waals surface area contributed by atoms with E-state index in [1.807, 2.05) is 12.3 Å². The molecule has 0 unspecified atom stereocenters. The Morgan fingerprint density at radius 3 is 2.74 bits per heavy atom. The van der Waals surface area contributed by atoms with Crippen molar-refractivity contribution >= 4 is 21.1 Å². The van der Waals surface area contributed by atoms with E-state index in [4.69, 9.17) is 0 Å². The zero-order valence-corrected chi connectivity index (χ0v) is 14.4. The Hall–Kier alpha value is -1.47. The second-order valence-electron chi connectivity index (χ2n) is 6.55. The molecule has 0 spiro atoms. The number of nitrogens with one attached hydrogen (secondary N) is 2. The highest BCUT2D eigenvalue weighted by atomic mass is 32.2. The lowest BCUT2D eigenvalue weighted by Crippen LogP contribution is -2.30. The maximum Gasteiger partial charge on any atom is 0.211 e. The van der Waals surface area contributed by atoms with Gasteiger partial charge in [0.15, 0.2) is 0 Å². The standard InChI is InChI=1S/C16H24N4O2S/c1-11(15-14-7-8-18-16(14)20-10-19-15)13-5-3-12(4-6-13)9-23(21,22)17-2/h7-8,10-13,17H,3-6,9H2,1-2H3,(H,18,19,20)/t11-,12?,13?/m1/s1. The third kappa shape index (κ3) is 3.55. The van der Waals surface area contributed by atoms with Crippen LogP contribution in [0.5, 0.6) is 0 Å². The molecule has 0 amide bonds. The van der Waals surface area contributed by atoms with Gasteiger partial charge in [0.2, 0.25) is 10.0 Å². The fourth-order valence-corrected chi connectivity index (χ4v) is 4.85. The molecule has 0 saturated heterocycles. The van der Waals surface area contributed by atoms with Crippen molar-refractivity contribution in [3.63, 3.8) is 0 Å². The smallest absolute Gasteiger partial charge is 0.211 e. The normalized spacial score (nSPS) is 23.9. The van der Waals surface area contributed by atoms with Crippen LogP contribution in [0.2, 0.25) is 0 Å².